The van der Waals surface area contributed by atoms with E-state index in [0.717, 1.165) is 11.8 Å². The van der Waals surface area contributed by atoms with Crippen molar-refractivity contribution in [3.63, 3.8) is 0 Å². The van der Waals surface area contributed by atoms with Crippen LogP contribution in [0.4, 0.5) is 0 Å². The highest BCUT2D eigenvalue weighted by atomic mass is 32.2. The minimum absolute atomic E-state index is 0.0269. The quantitative estimate of drug-likeness (QED) is 0.586. The summed E-state index contributed by atoms with van der Waals surface area (Å²) in [5, 5.41) is 0. The predicted molar refractivity (Wildman–Crippen MR) is 64.8 cm³/mol. The lowest BCUT2D eigenvalue weighted by Gasteiger charge is -2.12. The number of hydrogen-bond donors (Lipinski definition) is 0. The van der Waals surface area contributed by atoms with E-state index in [9.17, 15) is 8.42 Å². The molecule has 0 aliphatic carbocycles. The maximum Gasteiger partial charge on any atom is 0.264 e. The van der Waals surface area contributed by atoms with E-state index in [1.54, 1.807) is 0 Å². The third-order valence-corrected chi connectivity index (χ3v) is 2.68. The first-order valence-electron chi connectivity index (χ1n) is 5.05. The lowest BCUT2D eigenvalue weighted by molar-refractivity contribution is 0.311. The van der Waals surface area contributed by atoms with Crippen molar-refractivity contribution in [2.75, 3.05) is 12.9 Å². The van der Waals surface area contributed by atoms with Crippen molar-refractivity contribution < 1.29 is 12.6 Å². The molecule has 0 saturated carbocycles. The zero-order valence-corrected chi connectivity index (χ0v) is 10.3. The normalized spacial score (nSPS) is 14.1. The molecule has 3 nitrogen and oxygen atoms in total. The van der Waals surface area contributed by atoms with Gasteiger partial charge in [-0.15, -0.1) is 0 Å². The monoisotopic (exact) mass is 240 g/mol. The zero-order valence-electron chi connectivity index (χ0n) is 9.46. The smallest absolute Gasteiger partial charge is 0.264 e. The molecule has 0 unspecified atom stereocenters. The Morgan fingerprint density at radius 1 is 1.31 bits per heavy atom. The van der Waals surface area contributed by atoms with Gasteiger partial charge >= 0.3 is 0 Å². The molecule has 0 saturated heterocycles. The molecule has 0 fully saturated rings. The fourth-order valence-electron chi connectivity index (χ4n) is 1.39. The lowest BCUT2D eigenvalue weighted by Crippen LogP contribution is -2.10. The molecule has 0 spiro atoms. The summed E-state index contributed by atoms with van der Waals surface area (Å²) >= 11 is 0. The van der Waals surface area contributed by atoms with E-state index >= 15 is 0 Å². The highest BCUT2D eigenvalue weighted by Gasteiger charge is 2.11. The van der Waals surface area contributed by atoms with Gasteiger partial charge in [0.2, 0.25) is 0 Å². The molecule has 0 bridgehead atoms. The maximum atomic E-state index is 10.9. The van der Waals surface area contributed by atoms with Gasteiger partial charge < -0.3 is 0 Å². The van der Waals surface area contributed by atoms with Gasteiger partial charge in [0.15, 0.2) is 0 Å². The highest BCUT2D eigenvalue weighted by Crippen LogP contribution is 2.18. The SMILES string of the molecule is C/C=C/[C@@H](COS(C)(=O)=O)c1ccccc1. The van der Waals surface area contributed by atoms with E-state index in [0.29, 0.717) is 0 Å². The molecule has 1 rings (SSSR count). The molecule has 0 aliphatic heterocycles. The van der Waals surface area contributed by atoms with Crippen LogP contribution >= 0.6 is 0 Å². The second-order valence-corrected chi connectivity index (χ2v) is 5.18. The minimum atomic E-state index is -3.38. The first-order chi connectivity index (χ1) is 7.53. The van der Waals surface area contributed by atoms with Gasteiger partial charge in [0, 0.05) is 5.92 Å². The van der Waals surface area contributed by atoms with Crippen LogP contribution < -0.4 is 0 Å². The van der Waals surface area contributed by atoms with E-state index in [4.69, 9.17) is 4.18 Å². The molecular formula is C12H16O3S. The highest BCUT2D eigenvalue weighted by molar-refractivity contribution is 7.85. The standard InChI is InChI=1S/C12H16O3S/c1-3-7-12(10-15-16(2,13)14)11-8-5-4-6-9-11/h3-9,12H,10H2,1-2H3/b7-3+/t12-/m0/s1. The van der Waals surface area contributed by atoms with E-state index in [2.05, 4.69) is 0 Å². The predicted octanol–water partition coefficient (Wildman–Crippen LogP) is 2.32. The minimum Gasteiger partial charge on any atom is -0.269 e. The summed E-state index contributed by atoms with van der Waals surface area (Å²) in [6.45, 7) is 2.05. The summed E-state index contributed by atoms with van der Waals surface area (Å²) in [6.07, 6.45) is 4.88. The van der Waals surface area contributed by atoms with Crippen LogP contribution in [0, 0.1) is 0 Å². The number of benzene rings is 1. The molecule has 88 valence electrons. The molecule has 0 N–H and O–H groups in total. The summed E-state index contributed by atoms with van der Waals surface area (Å²) in [6, 6.07) is 9.68. The van der Waals surface area contributed by atoms with Crippen molar-refractivity contribution >= 4 is 10.1 Å². The Labute approximate surface area is 96.9 Å². The van der Waals surface area contributed by atoms with Crippen molar-refractivity contribution in [3.8, 4) is 0 Å². The molecule has 1 aromatic rings. The van der Waals surface area contributed by atoms with E-state index in [-0.39, 0.29) is 12.5 Å². The van der Waals surface area contributed by atoms with E-state index < -0.39 is 10.1 Å². The Morgan fingerprint density at radius 3 is 2.44 bits per heavy atom. The summed E-state index contributed by atoms with van der Waals surface area (Å²) in [5.41, 5.74) is 1.05. The maximum absolute atomic E-state index is 10.9. The van der Waals surface area contributed by atoms with Gasteiger partial charge in [0.1, 0.15) is 0 Å². The summed E-state index contributed by atoms with van der Waals surface area (Å²) in [4.78, 5) is 0. The Balaban J connectivity index is 2.77. The Hall–Kier alpha value is -1.13. The Bertz CT molecular complexity index is 435. The number of allylic oxidation sites excluding steroid dienone is 1. The van der Waals surface area contributed by atoms with Crippen LogP contribution in [0.15, 0.2) is 42.5 Å². The third kappa shape index (κ3) is 4.59. The van der Waals surface area contributed by atoms with Crippen molar-refractivity contribution in [2.24, 2.45) is 0 Å². The molecule has 0 aliphatic rings. The van der Waals surface area contributed by atoms with Crippen LogP contribution in [0.3, 0.4) is 0 Å². The van der Waals surface area contributed by atoms with Crippen molar-refractivity contribution in [2.45, 2.75) is 12.8 Å². The first kappa shape index (κ1) is 12.9. The van der Waals surface area contributed by atoms with Crippen LogP contribution in [0.2, 0.25) is 0 Å². The summed E-state index contributed by atoms with van der Waals surface area (Å²) in [5.74, 6) is -0.0269. The van der Waals surface area contributed by atoms with E-state index in [1.165, 1.54) is 0 Å². The van der Waals surface area contributed by atoms with Crippen LogP contribution in [0.1, 0.15) is 18.4 Å². The molecule has 1 atom stereocenters. The molecule has 1 aromatic carbocycles. The zero-order chi connectivity index (χ0) is 12.0. The van der Waals surface area contributed by atoms with Gasteiger partial charge in [-0.1, -0.05) is 42.5 Å². The van der Waals surface area contributed by atoms with Gasteiger partial charge in [-0.25, -0.2) is 0 Å². The number of rotatable bonds is 5. The molecule has 4 heteroatoms. The Kier molecular flexibility index (Phi) is 4.71. The van der Waals surface area contributed by atoms with Gasteiger partial charge in [-0.2, -0.15) is 8.42 Å². The lowest BCUT2D eigenvalue weighted by atomic mass is 10.00. The summed E-state index contributed by atoms with van der Waals surface area (Å²) < 4.78 is 26.7. The van der Waals surface area contributed by atoms with Crippen molar-refractivity contribution in [3.05, 3.63) is 48.0 Å². The first-order valence-corrected chi connectivity index (χ1v) is 6.87. The molecule has 0 radical (unpaired) electrons. The topological polar surface area (TPSA) is 43.4 Å². The fraction of sp³-hybridized carbons (Fsp3) is 0.333. The summed E-state index contributed by atoms with van der Waals surface area (Å²) in [7, 11) is -3.38. The molecule has 0 heterocycles. The largest absolute Gasteiger partial charge is 0.269 e. The van der Waals surface area contributed by atoms with Crippen molar-refractivity contribution in [1.82, 2.24) is 0 Å². The molecular weight excluding hydrogens is 224 g/mol. The van der Waals surface area contributed by atoms with Crippen molar-refractivity contribution in [1.29, 1.82) is 0 Å². The van der Waals surface area contributed by atoms with Crippen LogP contribution in [0.5, 0.6) is 0 Å². The average molecular weight is 240 g/mol. The van der Waals surface area contributed by atoms with Crippen LogP contribution in [-0.4, -0.2) is 21.3 Å². The van der Waals surface area contributed by atoms with Gasteiger partial charge in [-0.05, 0) is 12.5 Å². The molecule has 0 amide bonds. The fourth-order valence-corrected chi connectivity index (χ4v) is 1.79. The van der Waals surface area contributed by atoms with Gasteiger partial charge in [0.25, 0.3) is 10.1 Å². The number of hydrogen-bond acceptors (Lipinski definition) is 3. The second-order valence-electron chi connectivity index (χ2n) is 3.53. The van der Waals surface area contributed by atoms with Crippen LogP contribution in [-0.2, 0) is 14.3 Å². The van der Waals surface area contributed by atoms with Gasteiger partial charge in [-0.3, -0.25) is 4.18 Å². The van der Waals surface area contributed by atoms with E-state index in [1.807, 2.05) is 49.4 Å². The van der Waals surface area contributed by atoms with Crippen LogP contribution in [0.25, 0.3) is 0 Å². The van der Waals surface area contributed by atoms with Gasteiger partial charge in [0.05, 0.1) is 12.9 Å². The average Bonchev–Trinajstić information content (AvgIpc) is 2.24. The molecule has 0 aromatic heterocycles. The molecule has 16 heavy (non-hydrogen) atoms. The Morgan fingerprint density at radius 2 is 1.94 bits per heavy atom. The third-order valence-electron chi connectivity index (χ3n) is 2.11. The second kappa shape index (κ2) is 5.82.